The molecule has 0 saturated carbocycles. The number of carbonyl (C=O) groups is 2. The number of nitrogens with zero attached hydrogens (tertiary/aromatic N) is 6. The summed E-state index contributed by atoms with van der Waals surface area (Å²) in [6, 6.07) is 30.1. The second kappa shape index (κ2) is 7.48. The van der Waals surface area contributed by atoms with Crippen molar-refractivity contribution in [2.75, 3.05) is 19.6 Å². The molecule has 0 saturated heterocycles. The number of urea groups is 2. The van der Waals surface area contributed by atoms with Crippen LogP contribution in [0.1, 0.15) is 0 Å². The maximum absolute atomic E-state index is 13.9. The number of anilines is 6. The fourth-order valence-electron chi connectivity index (χ4n) is 5.05. The molecule has 37 heavy (non-hydrogen) atoms. The Balaban J connectivity index is 1.55. The molecule has 8 nitrogen and oxygen atoms in total. The zero-order valence-corrected chi connectivity index (χ0v) is 21.3. The van der Waals surface area contributed by atoms with Crippen molar-refractivity contribution in [2.24, 2.45) is 0 Å². The van der Waals surface area contributed by atoms with Crippen LogP contribution in [0.15, 0.2) is 97.1 Å². The SMILES string of the molecule is O=C1[N-]c2ccccc2N2[C]3=[Pt]=[C]4N1c1ccccc1N4c1ccccc1[N-]C(=O)N3c1ccccc12. The van der Waals surface area contributed by atoms with Crippen LogP contribution < -0.4 is 19.6 Å². The van der Waals surface area contributed by atoms with E-state index in [0.29, 0.717) is 11.4 Å². The monoisotopic (exact) mass is 663 g/mol. The Morgan fingerprint density at radius 1 is 0.432 bits per heavy atom. The van der Waals surface area contributed by atoms with Crippen molar-refractivity contribution in [3.63, 3.8) is 0 Å². The van der Waals surface area contributed by atoms with Crippen molar-refractivity contribution < 1.29 is 27.2 Å². The normalized spacial score (nSPS) is 17.0. The predicted molar refractivity (Wildman–Crippen MR) is 142 cm³/mol. The van der Waals surface area contributed by atoms with E-state index in [1.165, 1.54) is 0 Å². The first-order valence-electron chi connectivity index (χ1n) is 11.6. The molecule has 182 valence electrons. The molecule has 4 aliphatic rings. The Labute approximate surface area is 219 Å². The number of amides is 4. The molecule has 0 aliphatic carbocycles. The van der Waals surface area contributed by atoms with Crippen molar-refractivity contribution >= 4 is 65.9 Å². The van der Waals surface area contributed by atoms with Crippen molar-refractivity contribution in [1.82, 2.24) is 0 Å². The minimum atomic E-state index is -1.13. The molecular formula is C28H16N6O2Pt-2. The molecule has 0 spiro atoms. The van der Waals surface area contributed by atoms with Crippen LogP contribution in [-0.4, -0.2) is 20.4 Å². The maximum atomic E-state index is 13.9. The van der Waals surface area contributed by atoms with Crippen molar-refractivity contribution in [1.29, 1.82) is 0 Å². The molecule has 4 amide bonds. The number of para-hydroxylation sites is 8. The molecule has 0 N–H and O–H groups in total. The second-order valence-electron chi connectivity index (χ2n) is 8.65. The van der Waals surface area contributed by atoms with Gasteiger partial charge in [-0.25, -0.2) is 0 Å². The Bertz CT molecular complexity index is 1640. The molecule has 4 aromatic rings. The Hall–Kier alpha value is -4.55. The van der Waals surface area contributed by atoms with Gasteiger partial charge in [0, 0.05) is 0 Å². The summed E-state index contributed by atoms with van der Waals surface area (Å²) in [6.45, 7) is 0. The van der Waals surface area contributed by atoms with Gasteiger partial charge < -0.3 is 0 Å². The van der Waals surface area contributed by atoms with Crippen molar-refractivity contribution in [3.05, 3.63) is 108 Å². The molecule has 8 rings (SSSR count). The first-order valence-corrected chi connectivity index (χ1v) is 13.9. The standard InChI is InChI=1S/C28H18N6O2.Pt/c35-27-29-19-9-1-3-11-21(19)31-17-34(25-15-7-5-13-23(25)31)28(36)30-20-10-2-4-12-22(20)32-18-33(27)26-16-8-6-14-24(26)32;/h1-16H,(H2,29,30,35,36);/p-2. The molecule has 0 fully saturated rings. The Morgan fingerprint density at radius 2 is 0.757 bits per heavy atom. The average molecular weight is 664 g/mol. The second-order valence-corrected chi connectivity index (χ2v) is 11.2. The third kappa shape index (κ3) is 2.76. The number of hydrogen-bond donors (Lipinski definition) is 0. The molecular weight excluding hydrogens is 647 g/mol. The molecule has 2 bridgehead atoms. The van der Waals surface area contributed by atoms with E-state index in [0.717, 1.165) is 42.4 Å². The fraction of sp³-hybridized carbons (Fsp3) is 0. The third-order valence-electron chi connectivity index (χ3n) is 6.61. The van der Waals surface area contributed by atoms with Gasteiger partial charge in [-0.1, -0.05) is 0 Å². The quantitative estimate of drug-likeness (QED) is 0.207. The summed E-state index contributed by atoms with van der Waals surface area (Å²) in [5.41, 5.74) is 5.86. The van der Waals surface area contributed by atoms with Gasteiger partial charge in [-0.3, -0.25) is 0 Å². The number of rotatable bonds is 0. The topological polar surface area (TPSA) is 75.3 Å². The molecule has 4 heterocycles. The van der Waals surface area contributed by atoms with Crippen molar-refractivity contribution in [2.45, 2.75) is 0 Å². The van der Waals surface area contributed by atoms with E-state index >= 15 is 0 Å². The minimum absolute atomic E-state index is 0.362. The summed E-state index contributed by atoms with van der Waals surface area (Å²) < 4.78 is 1.61. The van der Waals surface area contributed by atoms with E-state index in [1.807, 2.05) is 97.1 Å². The number of hydrogen-bond acceptors (Lipinski definition) is 4. The summed E-state index contributed by atoms with van der Waals surface area (Å²) in [5.74, 6) is 0. The van der Waals surface area contributed by atoms with Gasteiger partial charge in [0.05, 0.1) is 0 Å². The molecule has 9 heteroatoms. The zero-order valence-electron chi connectivity index (χ0n) is 19.1. The van der Waals surface area contributed by atoms with Crippen LogP contribution in [0, 0.1) is 0 Å². The van der Waals surface area contributed by atoms with Gasteiger partial charge in [-0.2, -0.15) is 0 Å². The van der Waals surface area contributed by atoms with Gasteiger partial charge in [0.15, 0.2) is 0 Å². The van der Waals surface area contributed by atoms with Crippen LogP contribution >= 0.6 is 0 Å². The fourth-order valence-corrected chi connectivity index (χ4v) is 8.60. The van der Waals surface area contributed by atoms with Crippen LogP contribution in [0.5, 0.6) is 0 Å². The van der Waals surface area contributed by atoms with Crippen LogP contribution in [-0.2, 0) is 17.6 Å². The third-order valence-corrected chi connectivity index (χ3v) is 9.66. The van der Waals surface area contributed by atoms with E-state index in [1.54, 1.807) is 9.80 Å². The van der Waals surface area contributed by atoms with E-state index < -0.39 is 17.6 Å². The summed E-state index contributed by atoms with van der Waals surface area (Å²) in [4.78, 5) is 35.4. The van der Waals surface area contributed by atoms with Crippen LogP contribution in [0.25, 0.3) is 10.6 Å². The van der Waals surface area contributed by atoms with E-state index in [-0.39, 0.29) is 12.1 Å². The summed E-state index contributed by atoms with van der Waals surface area (Å²) >= 11 is -1.13. The van der Waals surface area contributed by atoms with Crippen LogP contribution in [0.3, 0.4) is 0 Å². The number of benzene rings is 4. The van der Waals surface area contributed by atoms with Gasteiger partial charge in [0.1, 0.15) is 0 Å². The van der Waals surface area contributed by atoms with Crippen LogP contribution in [0.4, 0.5) is 55.1 Å². The number of carbonyl (C=O) groups excluding carboxylic acids is 2. The summed E-state index contributed by atoms with van der Waals surface area (Å²) in [6.07, 6.45) is 0. The van der Waals surface area contributed by atoms with E-state index in [2.05, 4.69) is 20.4 Å². The van der Waals surface area contributed by atoms with E-state index in [4.69, 9.17) is 0 Å². The summed E-state index contributed by atoms with van der Waals surface area (Å²) in [5, 5.41) is 9.24. The van der Waals surface area contributed by atoms with Crippen molar-refractivity contribution in [3.8, 4) is 0 Å². The molecule has 0 unspecified atom stereocenters. The first-order chi connectivity index (χ1) is 18.2. The molecule has 0 radical (unpaired) electrons. The van der Waals surface area contributed by atoms with Gasteiger partial charge in [0.2, 0.25) is 0 Å². The van der Waals surface area contributed by atoms with Crippen LogP contribution in [0.2, 0.25) is 0 Å². The Morgan fingerprint density at radius 3 is 1.16 bits per heavy atom. The molecule has 0 atom stereocenters. The van der Waals surface area contributed by atoms with E-state index in [9.17, 15) is 9.59 Å². The van der Waals surface area contributed by atoms with Gasteiger partial charge in [-0.15, -0.1) is 0 Å². The summed E-state index contributed by atoms with van der Waals surface area (Å²) in [7, 11) is 0. The molecule has 0 aromatic heterocycles. The van der Waals surface area contributed by atoms with Gasteiger partial charge >= 0.3 is 220 Å². The first kappa shape index (κ1) is 20.6. The Kier molecular flexibility index (Phi) is 4.17. The molecule has 4 aromatic carbocycles. The number of fused-ring (bicyclic) bond motifs is 10. The molecule has 4 aliphatic heterocycles. The predicted octanol–water partition coefficient (Wildman–Crippen LogP) is 6.84. The van der Waals surface area contributed by atoms with Gasteiger partial charge in [0.25, 0.3) is 0 Å². The zero-order chi connectivity index (χ0) is 24.7. The average Bonchev–Trinajstić information content (AvgIpc) is 3.43. The van der Waals surface area contributed by atoms with Gasteiger partial charge in [-0.05, 0) is 0 Å².